The molecule has 0 aliphatic carbocycles. The van der Waals surface area contributed by atoms with Gasteiger partial charge in [-0.25, -0.2) is 0 Å². The largest absolute Gasteiger partial charge is 0.497 e. The van der Waals surface area contributed by atoms with Gasteiger partial charge in [-0.2, -0.15) is 0 Å². The summed E-state index contributed by atoms with van der Waals surface area (Å²) in [7, 11) is 1.67. The summed E-state index contributed by atoms with van der Waals surface area (Å²) in [4.78, 5) is 16.7. The van der Waals surface area contributed by atoms with E-state index in [9.17, 15) is 4.79 Å². The van der Waals surface area contributed by atoms with Gasteiger partial charge in [-0.3, -0.25) is 4.79 Å². The summed E-state index contributed by atoms with van der Waals surface area (Å²) in [6.45, 7) is 6.42. The van der Waals surface area contributed by atoms with Gasteiger partial charge in [-0.05, 0) is 36.8 Å². The highest BCUT2D eigenvalue weighted by Crippen LogP contribution is 2.20. The molecular formula is C21H27N3O2. The van der Waals surface area contributed by atoms with Crippen LogP contribution >= 0.6 is 0 Å². The number of carbonyl (C=O) groups is 1. The van der Waals surface area contributed by atoms with Crippen LogP contribution in [0, 0.1) is 6.92 Å². The first kappa shape index (κ1) is 18.3. The molecule has 2 aromatic rings. The Hall–Kier alpha value is -2.53. The Morgan fingerprint density at radius 3 is 2.46 bits per heavy atom. The molecular weight excluding hydrogens is 326 g/mol. The summed E-state index contributed by atoms with van der Waals surface area (Å²) in [5.74, 6) is 1.04. The van der Waals surface area contributed by atoms with Crippen LogP contribution in [-0.4, -0.2) is 50.6 Å². The number of ether oxygens (including phenoxy) is 1. The normalized spacial score (nSPS) is 14.4. The zero-order valence-corrected chi connectivity index (χ0v) is 15.6. The Kier molecular flexibility index (Phi) is 6.12. The van der Waals surface area contributed by atoms with Gasteiger partial charge in [-0.15, -0.1) is 0 Å². The fourth-order valence-electron chi connectivity index (χ4n) is 3.25. The molecule has 26 heavy (non-hydrogen) atoms. The van der Waals surface area contributed by atoms with E-state index < -0.39 is 0 Å². The number of nitrogens with one attached hydrogen (secondary N) is 1. The van der Waals surface area contributed by atoms with Crippen LogP contribution in [0.1, 0.15) is 11.1 Å². The number of anilines is 1. The van der Waals surface area contributed by atoms with Crippen LogP contribution < -0.4 is 15.0 Å². The Morgan fingerprint density at radius 1 is 1.08 bits per heavy atom. The van der Waals surface area contributed by atoms with Crippen molar-refractivity contribution in [3.05, 3.63) is 59.7 Å². The second-order valence-electron chi connectivity index (χ2n) is 6.66. The van der Waals surface area contributed by atoms with Crippen LogP contribution in [0.4, 0.5) is 5.69 Å². The first-order valence-corrected chi connectivity index (χ1v) is 9.09. The molecule has 1 aliphatic heterocycles. The van der Waals surface area contributed by atoms with Gasteiger partial charge in [0, 0.05) is 38.4 Å². The molecule has 3 rings (SSSR count). The van der Waals surface area contributed by atoms with Gasteiger partial charge in [0.2, 0.25) is 5.91 Å². The zero-order chi connectivity index (χ0) is 18.4. The highest BCUT2D eigenvalue weighted by Gasteiger charge is 2.20. The van der Waals surface area contributed by atoms with E-state index in [-0.39, 0.29) is 5.91 Å². The van der Waals surface area contributed by atoms with Crippen molar-refractivity contribution in [2.45, 2.75) is 13.5 Å². The molecule has 0 unspecified atom stereocenters. The number of hydrogen-bond acceptors (Lipinski definition) is 4. The van der Waals surface area contributed by atoms with Crippen molar-refractivity contribution in [2.75, 3.05) is 44.7 Å². The van der Waals surface area contributed by atoms with Crippen molar-refractivity contribution in [3.63, 3.8) is 0 Å². The molecule has 1 N–H and O–H groups in total. The number of amides is 1. The molecule has 1 aliphatic rings. The molecule has 0 saturated carbocycles. The van der Waals surface area contributed by atoms with E-state index in [1.54, 1.807) is 7.11 Å². The third-order valence-electron chi connectivity index (χ3n) is 4.76. The Morgan fingerprint density at radius 2 is 1.81 bits per heavy atom. The van der Waals surface area contributed by atoms with Crippen molar-refractivity contribution < 1.29 is 9.53 Å². The van der Waals surface area contributed by atoms with Crippen LogP contribution in [0.3, 0.4) is 0 Å². The average molecular weight is 353 g/mol. The van der Waals surface area contributed by atoms with Gasteiger partial charge in [-0.1, -0.05) is 29.8 Å². The number of piperazine rings is 1. The van der Waals surface area contributed by atoms with Crippen LogP contribution in [0.25, 0.3) is 0 Å². The Balaban J connectivity index is 1.43. The molecule has 1 fully saturated rings. The molecule has 0 spiro atoms. The van der Waals surface area contributed by atoms with E-state index in [2.05, 4.69) is 47.5 Å². The predicted molar refractivity (Wildman–Crippen MR) is 105 cm³/mol. The summed E-state index contributed by atoms with van der Waals surface area (Å²) in [5.41, 5.74) is 3.63. The first-order chi connectivity index (χ1) is 12.7. The molecule has 1 amide bonds. The third-order valence-corrected chi connectivity index (χ3v) is 4.76. The molecule has 5 nitrogen and oxygen atoms in total. The van der Waals surface area contributed by atoms with Gasteiger partial charge in [0.25, 0.3) is 0 Å². The molecule has 0 aromatic heterocycles. The third kappa shape index (κ3) is 4.76. The van der Waals surface area contributed by atoms with E-state index in [1.807, 2.05) is 23.1 Å². The summed E-state index contributed by atoms with van der Waals surface area (Å²) < 4.78 is 5.20. The molecule has 0 bridgehead atoms. The fraction of sp³-hybridized carbons (Fsp3) is 0.381. The zero-order valence-electron chi connectivity index (χ0n) is 15.6. The van der Waals surface area contributed by atoms with Crippen LogP contribution in [-0.2, 0) is 11.3 Å². The SMILES string of the molecule is COc1ccc(N2CCN(C(=O)CNCc3cccc(C)c3)CC2)cc1. The van der Waals surface area contributed by atoms with Gasteiger partial charge >= 0.3 is 0 Å². The van der Waals surface area contributed by atoms with Gasteiger partial charge in [0.05, 0.1) is 13.7 Å². The van der Waals surface area contributed by atoms with Gasteiger partial charge in [0.1, 0.15) is 5.75 Å². The van der Waals surface area contributed by atoms with E-state index in [4.69, 9.17) is 4.74 Å². The second-order valence-corrected chi connectivity index (χ2v) is 6.66. The molecule has 1 heterocycles. The summed E-state index contributed by atoms with van der Waals surface area (Å²) in [5, 5.41) is 3.26. The number of benzene rings is 2. The standard InChI is InChI=1S/C21H27N3O2/c1-17-4-3-5-18(14-17)15-22-16-21(25)24-12-10-23(11-13-24)19-6-8-20(26-2)9-7-19/h3-9,14,22H,10-13,15-16H2,1-2H3. The van der Waals surface area contributed by atoms with E-state index in [0.717, 1.165) is 38.5 Å². The lowest BCUT2D eigenvalue weighted by molar-refractivity contribution is -0.130. The van der Waals surface area contributed by atoms with E-state index >= 15 is 0 Å². The minimum atomic E-state index is 0.173. The van der Waals surface area contributed by atoms with E-state index in [1.165, 1.54) is 16.8 Å². The van der Waals surface area contributed by atoms with Crippen molar-refractivity contribution in [1.29, 1.82) is 0 Å². The van der Waals surface area contributed by atoms with Gasteiger partial charge in [0.15, 0.2) is 0 Å². The van der Waals surface area contributed by atoms with Crippen molar-refractivity contribution >= 4 is 11.6 Å². The topological polar surface area (TPSA) is 44.8 Å². The summed E-state index contributed by atoms with van der Waals surface area (Å²) >= 11 is 0. The minimum Gasteiger partial charge on any atom is -0.497 e. The van der Waals surface area contributed by atoms with Crippen molar-refractivity contribution in [3.8, 4) is 5.75 Å². The number of nitrogens with zero attached hydrogens (tertiary/aromatic N) is 2. The maximum atomic E-state index is 12.4. The molecule has 1 saturated heterocycles. The molecule has 0 atom stereocenters. The second kappa shape index (κ2) is 8.72. The highest BCUT2D eigenvalue weighted by atomic mass is 16.5. The number of rotatable bonds is 6. The molecule has 0 radical (unpaired) electrons. The van der Waals surface area contributed by atoms with Crippen LogP contribution in [0.5, 0.6) is 5.75 Å². The maximum Gasteiger partial charge on any atom is 0.236 e. The van der Waals surface area contributed by atoms with Crippen LogP contribution in [0.15, 0.2) is 48.5 Å². The molecule has 138 valence electrons. The number of aryl methyl sites for hydroxylation is 1. The lowest BCUT2D eigenvalue weighted by atomic mass is 10.1. The first-order valence-electron chi connectivity index (χ1n) is 9.09. The predicted octanol–water partition coefficient (Wildman–Crippen LogP) is 2.44. The van der Waals surface area contributed by atoms with Crippen molar-refractivity contribution in [1.82, 2.24) is 10.2 Å². The quantitative estimate of drug-likeness (QED) is 0.866. The smallest absolute Gasteiger partial charge is 0.236 e. The van der Waals surface area contributed by atoms with E-state index in [0.29, 0.717) is 6.54 Å². The Bertz CT molecular complexity index is 722. The monoisotopic (exact) mass is 353 g/mol. The lowest BCUT2D eigenvalue weighted by Crippen LogP contribution is -2.50. The number of carbonyl (C=O) groups excluding carboxylic acids is 1. The summed E-state index contributed by atoms with van der Waals surface area (Å²) in [6.07, 6.45) is 0. The summed E-state index contributed by atoms with van der Waals surface area (Å²) in [6, 6.07) is 16.4. The molecule has 5 heteroatoms. The van der Waals surface area contributed by atoms with Gasteiger partial charge < -0.3 is 19.9 Å². The van der Waals surface area contributed by atoms with Crippen LogP contribution in [0.2, 0.25) is 0 Å². The average Bonchev–Trinajstić information content (AvgIpc) is 2.68. The molecule has 2 aromatic carbocycles. The maximum absolute atomic E-state index is 12.4. The lowest BCUT2D eigenvalue weighted by Gasteiger charge is -2.36. The number of hydrogen-bond donors (Lipinski definition) is 1. The minimum absolute atomic E-state index is 0.173. The highest BCUT2D eigenvalue weighted by molar-refractivity contribution is 5.78. The number of methoxy groups -OCH3 is 1. The Labute approximate surface area is 155 Å². The van der Waals surface area contributed by atoms with Crippen molar-refractivity contribution in [2.24, 2.45) is 0 Å². The fourth-order valence-corrected chi connectivity index (χ4v) is 3.25.